The van der Waals surface area contributed by atoms with E-state index in [0.717, 1.165) is 27.5 Å². The summed E-state index contributed by atoms with van der Waals surface area (Å²) >= 11 is 0. The number of nitrogens with zero attached hydrogens (tertiary/aromatic N) is 1. The van der Waals surface area contributed by atoms with Gasteiger partial charge >= 0.3 is 6.09 Å². The lowest BCUT2D eigenvalue weighted by Gasteiger charge is -2.38. The summed E-state index contributed by atoms with van der Waals surface area (Å²) in [5.41, 5.74) is 2.55. The molecule has 0 aliphatic heterocycles. The Balaban J connectivity index is 2.06. The van der Waals surface area contributed by atoms with E-state index in [2.05, 4.69) is 10.6 Å². The Hall–Kier alpha value is -3.87. The fourth-order valence-corrected chi connectivity index (χ4v) is 4.95. The predicted octanol–water partition coefficient (Wildman–Crippen LogP) is 7.31. The van der Waals surface area contributed by atoms with Gasteiger partial charge in [-0.3, -0.25) is 9.59 Å². The van der Waals surface area contributed by atoms with Crippen molar-refractivity contribution in [2.45, 2.75) is 92.5 Å². The highest BCUT2D eigenvalue weighted by Crippen LogP contribution is 2.31. The molecule has 220 valence electrons. The van der Waals surface area contributed by atoms with E-state index in [0.29, 0.717) is 12.1 Å². The fourth-order valence-electron chi connectivity index (χ4n) is 4.95. The second-order valence-electron chi connectivity index (χ2n) is 12.5. The molecule has 0 saturated carbocycles. The van der Waals surface area contributed by atoms with Crippen LogP contribution in [-0.2, 0) is 14.3 Å². The van der Waals surface area contributed by atoms with Gasteiger partial charge < -0.3 is 20.3 Å². The average molecular weight is 560 g/mol. The standard InChI is InChI=1S/C34H45N3O4/c1-21(2)18-29(36-33(40)41-34(7,8)9)32(39)37(22(3)4)30(28-19-23(5)14-15-24(28)6)31(38)35-27-17-16-25-12-10-11-13-26(25)20-27/h10-17,19-22,29-30H,18H2,1-9H3,(H,35,38)(H,36,40). The molecule has 0 bridgehead atoms. The Bertz CT molecular complexity index is 1390. The molecular formula is C34H45N3O4. The van der Waals surface area contributed by atoms with E-state index < -0.39 is 23.8 Å². The SMILES string of the molecule is Cc1ccc(C)c(C(C(=O)Nc2ccc3ccccc3c2)N(C(=O)C(CC(C)C)NC(=O)OC(C)(C)C)C(C)C)c1. The highest BCUT2D eigenvalue weighted by molar-refractivity contribution is 6.00. The third-order valence-corrected chi connectivity index (χ3v) is 6.78. The maximum atomic E-state index is 14.3. The van der Waals surface area contributed by atoms with E-state index in [-0.39, 0.29) is 23.8 Å². The molecule has 3 aromatic carbocycles. The van der Waals surface area contributed by atoms with Gasteiger partial charge in [0.05, 0.1) is 0 Å². The van der Waals surface area contributed by atoms with Gasteiger partial charge in [-0.25, -0.2) is 4.79 Å². The molecule has 0 aromatic heterocycles. The number of benzene rings is 3. The van der Waals surface area contributed by atoms with Crippen LogP contribution in [0.3, 0.4) is 0 Å². The first-order chi connectivity index (χ1) is 19.2. The number of hydrogen-bond acceptors (Lipinski definition) is 4. The molecular weight excluding hydrogens is 514 g/mol. The zero-order valence-corrected chi connectivity index (χ0v) is 25.9. The molecule has 3 aromatic rings. The minimum absolute atomic E-state index is 0.110. The van der Waals surface area contributed by atoms with Gasteiger partial charge in [0, 0.05) is 11.7 Å². The Morgan fingerprint density at radius 1 is 0.878 bits per heavy atom. The van der Waals surface area contributed by atoms with Crippen LogP contribution >= 0.6 is 0 Å². The molecule has 7 nitrogen and oxygen atoms in total. The van der Waals surface area contributed by atoms with Crippen molar-refractivity contribution in [3.05, 3.63) is 77.4 Å². The Morgan fingerprint density at radius 3 is 2.15 bits per heavy atom. The topological polar surface area (TPSA) is 87.7 Å². The summed E-state index contributed by atoms with van der Waals surface area (Å²) in [6.07, 6.45) is -0.267. The van der Waals surface area contributed by atoms with Crippen molar-refractivity contribution in [1.82, 2.24) is 10.2 Å². The van der Waals surface area contributed by atoms with Crippen molar-refractivity contribution in [2.75, 3.05) is 5.32 Å². The lowest BCUT2D eigenvalue weighted by atomic mass is 9.94. The second-order valence-corrected chi connectivity index (χ2v) is 12.5. The van der Waals surface area contributed by atoms with Gasteiger partial charge in [-0.15, -0.1) is 0 Å². The zero-order chi connectivity index (χ0) is 30.5. The van der Waals surface area contributed by atoms with Gasteiger partial charge in [-0.2, -0.15) is 0 Å². The van der Waals surface area contributed by atoms with Crippen molar-refractivity contribution in [2.24, 2.45) is 5.92 Å². The van der Waals surface area contributed by atoms with Crippen LogP contribution in [-0.4, -0.2) is 40.5 Å². The third kappa shape index (κ3) is 8.56. The average Bonchev–Trinajstić information content (AvgIpc) is 2.86. The summed E-state index contributed by atoms with van der Waals surface area (Å²) in [4.78, 5) is 42.9. The molecule has 0 radical (unpaired) electrons. The molecule has 0 aliphatic rings. The van der Waals surface area contributed by atoms with Crippen molar-refractivity contribution >= 4 is 34.4 Å². The molecule has 7 heteroatoms. The Morgan fingerprint density at radius 2 is 1.54 bits per heavy atom. The van der Waals surface area contributed by atoms with E-state index >= 15 is 0 Å². The highest BCUT2D eigenvalue weighted by atomic mass is 16.6. The molecule has 3 rings (SSSR count). The lowest BCUT2D eigenvalue weighted by molar-refractivity contribution is -0.143. The van der Waals surface area contributed by atoms with Crippen LogP contribution in [0.1, 0.15) is 77.6 Å². The van der Waals surface area contributed by atoms with Gasteiger partial charge in [0.1, 0.15) is 17.7 Å². The van der Waals surface area contributed by atoms with Crippen molar-refractivity contribution < 1.29 is 19.1 Å². The van der Waals surface area contributed by atoms with Gasteiger partial charge in [0.2, 0.25) is 5.91 Å². The van der Waals surface area contributed by atoms with Crippen LogP contribution in [0.15, 0.2) is 60.7 Å². The number of hydrogen-bond donors (Lipinski definition) is 2. The van der Waals surface area contributed by atoms with Gasteiger partial charge in [-0.1, -0.05) is 67.9 Å². The number of amides is 3. The first-order valence-electron chi connectivity index (χ1n) is 14.3. The Kier molecular flexibility index (Phi) is 10.2. The van der Waals surface area contributed by atoms with E-state index in [1.807, 2.05) is 102 Å². The van der Waals surface area contributed by atoms with Gasteiger partial charge in [0.25, 0.3) is 5.91 Å². The largest absolute Gasteiger partial charge is 0.444 e. The smallest absolute Gasteiger partial charge is 0.408 e. The molecule has 0 saturated heterocycles. The predicted molar refractivity (Wildman–Crippen MR) is 166 cm³/mol. The third-order valence-electron chi connectivity index (χ3n) is 6.78. The highest BCUT2D eigenvalue weighted by Gasteiger charge is 2.38. The van der Waals surface area contributed by atoms with Crippen LogP contribution in [0, 0.1) is 19.8 Å². The summed E-state index contributed by atoms with van der Waals surface area (Å²) in [5.74, 6) is -0.547. The number of carbonyl (C=O) groups is 3. The van der Waals surface area contributed by atoms with Crippen LogP contribution in [0.25, 0.3) is 10.8 Å². The number of anilines is 1. The summed E-state index contributed by atoms with van der Waals surface area (Å²) < 4.78 is 5.48. The normalized spacial score (nSPS) is 13.1. The second kappa shape index (κ2) is 13.2. The molecule has 0 aliphatic carbocycles. The number of carbonyl (C=O) groups excluding carboxylic acids is 3. The van der Waals surface area contributed by atoms with E-state index in [1.54, 1.807) is 25.7 Å². The van der Waals surface area contributed by atoms with Crippen molar-refractivity contribution in [1.29, 1.82) is 0 Å². The minimum Gasteiger partial charge on any atom is -0.444 e. The zero-order valence-electron chi connectivity index (χ0n) is 25.9. The Labute approximate surface area is 244 Å². The summed E-state index contributed by atoms with van der Waals surface area (Å²) in [6.45, 7) is 17.0. The first kappa shape index (κ1) is 31.7. The fraction of sp³-hybridized carbons (Fsp3) is 0.441. The van der Waals surface area contributed by atoms with E-state index in [4.69, 9.17) is 4.74 Å². The molecule has 2 atom stereocenters. The maximum Gasteiger partial charge on any atom is 0.408 e. The molecule has 3 amide bonds. The van der Waals surface area contributed by atoms with Crippen LogP contribution < -0.4 is 10.6 Å². The number of rotatable bonds is 9. The van der Waals surface area contributed by atoms with Crippen molar-refractivity contribution in [3.8, 4) is 0 Å². The number of fused-ring (bicyclic) bond motifs is 1. The maximum absolute atomic E-state index is 14.3. The van der Waals surface area contributed by atoms with Gasteiger partial charge in [0.15, 0.2) is 0 Å². The summed E-state index contributed by atoms with van der Waals surface area (Å²) in [7, 11) is 0. The number of nitrogens with one attached hydrogen (secondary N) is 2. The number of aryl methyl sites for hydroxylation is 2. The summed E-state index contributed by atoms with van der Waals surface area (Å²) in [5, 5.41) is 7.95. The van der Waals surface area contributed by atoms with E-state index in [1.165, 1.54) is 0 Å². The molecule has 0 spiro atoms. The molecule has 0 heterocycles. The van der Waals surface area contributed by atoms with Crippen molar-refractivity contribution in [3.63, 3.8) is 0 Å². The quantitative estimate of drug-likeness (QED) is 0.288. The van der Waals surface area contributed by atoms with Crippen LogP contribution in [0.2, 0.25) is 0 Å². The molecule has 2 unspecified atom stereocenters. The first-order valence-corrected chi connectivity index (χ1v) is 14.3. The monoisotopic (exact) mass is 559 g/mol. The van der Waals surface area contributed by atoms with E-state index in [9.17, 15) is 14.4 Å². The van der Waals surface area contributed by atoms with Crippen LogP contribution in [0.5, 0.6) is 0 Å². The molecule has 0 fully saturated rings. The lowest BCUT2D eigenvalue weighted by Crippen LogP contribution is -2.54. The molecule has 2 N–H and O–H groups in total. The minimum atomic E-state index is -0.927. The number of alkyl carbamates (subject to hydrolysis) is 1. The molecule has 41 heavy (non-hydrogen) atoms. The van der Waals surface area contributed by atoms with Gasteiger partial charge in [-0.05, 0) is 94.8 Å². The van der Waals surface area contributed by atoms with Crippen LogP contribution in [0.4, 0.5) is 10.5 Å². The summed E-state index contributed by atoms with van der Waals surface area (Å²) in [6, 6.07) is 17.5. The number of ether oxygens (including phenoxy) is 1.